The first kappa shape index (κ1) is 20.8. The van der Waals surface area contributed by atoms with Crippen LogP contribution in [0.15, 0.2) is 58.6 Å². The number of hydrogen-bond acceptors (Lipinski definition) is 5. The summed E-state index contributed by atoms with van der Waals surface area (Å²) in [6, 6.07) is 12.5. The van der Waals surface area contributed by atoms with Gasteiger partial charge in [0, 0.05) is 25.0 Å². The van der Waals surface area contributed by atoms with E-state index < -0.39 is 10.0 Å². The Morgan fingerprint density at radius 1 is 1.07 bits per heavy atom. The Labute approximate surface area is 170 Å². The van der Waals surface area contributed by atoms with Crippen molar-refractivity contribution in [2.75, 3.05) is 18.4 Å². The molecule has 2 aromatic rings. The molecule has 1 aliphatic rings. The summed E-state index contributed by atoms with van der Waals surface area (Å²) in [5, 5.41) is 3.11. The van der Waals surface area contributed by atoms with Crippen molar-refractivity contribution in [2.45, 2.75) is 47.8 Å². The number of thioether (sulfide) groups is 1. The van der Waals surface area contributed by atoms with Crippen LogP contribution < -0.4 is 5.32 Å². The Balaban J connectivity index is 1.62. The minimum Gasteiger partial charge on any atom is -0.325 e. The zero-order valence-electron chi connectivity index (χ0n) is 15.9. The van der Waals surface area contributed by atoms with Gasteiger partial charge < -0.3 is 5.32 Å². The molecule has 1 N–H and O–H groups in total. The van der Waals surface area contributed by atoms with E-state index >= 15 is 0 Å². The molecule has 150 valence electrons. The molecule has 1 saturated heterocycles. The predicted octanol–water partition coefficient (Wildman–Crippen LogP) is 3.77. The van der Waals surface area contributed by atoms with E-state index in [9.17, 15) is 13.2 Å². The van der Waals surface area contributed by atoms with Crippen LogP contribution in [0.1, 0.15) is 32.6 Å². The van der Waals surface area contributed by atoms with E-state index in [1.54, 1.807) is 23.4 Å². The van der Waals surface area contributed by atoms with Gasteiger partial charge in [-0.25, -0.2) is 13.4 Å². The first-order chi connectivity index (χ1) is 13.5. The van der Waals surface area contributed by atoms with Crippen LogP contribution in [0, 0.1) is 0 Å². The topological polar surface area (TPSA) is 79.4 Å². The lowest BCUT2D eigenvalue weighted by Crippen LogP contribution is -2.32. The van der Waals surface area contributed by atoms with Crippen molar-refractivity contribution >= 4 is 33.4 Å². The van der Waals surface area contributed by atoms with Crippen LogP contribution >= 0.6 is 11.8 Å². The number of para-hydroxylation sites is 1. The highest BCUT2D eigenvalue weighted by molar-refractivity contribution is 8.00. The van der Waals surface area contributed by atoms with E-state index in [2.05, 4.69) is 10.3 Å². The SMILES string of the molecule is CC(Sc1ccc(S(=O)(=O)N2CCCCCC2)cn1)C(=O)Nc1ccccc1. The highest BCUT2D eigenvalue weighted by atomic mass is 32.2. The Kier molecular flexibility index (Phi) is 7.09. The van der Waals surface area contributed by atoms with Gasteiger partial charge in [0.1, 0.15) is 4.90 Å². The van der Waals surface area contributed by atoms with Crippen LogP contribution in [-0.2, 0) is 14.8 Å². The molecule has 2 heterocycles. The Morgan fingerprint density at radius 2 is 1.75 bits per heavy atom. The van der Waals surface area contributed by atoms with Gasteiger partial charge in [0.2, 0.25) is 15.9 Å². The molecule has 1 aromatic heterocycles. The van der Waals surface area contributed by atoms with Crippen LogP contribution in [0.3, 0.4) is 0 Å². The second kappa shape index (κ2) is 9.54. The van der Waals surface area contributed by atoms with Gasteiger partial charge in [0.25, 0.3) is 0 Å². The molecule has 8 heteroatoms. The molecule has 0 aliphatic carbocycles. The van der Waals surface area contributed by atoms with Crippen molar-refractivity contribution < 1.29 is 13.2 Å². The van der Waals surface area contributed by atoms with Crippen LogP contribution in [-0.4, -0.2) is 42.0 Å². The molecule has 1 fully saturated rings. The number of carbonyl (C=O) groups is 1. The van der Waals surface area contributed by atoms with Crippen molar-refractivity contribution in [1.29, 1.82) is 0 Å². The Bertz CT molecular complexity index is 879. The second-order valence-corrected chi connectivity index (χ2v) is 10.1. The summed E-state index contributed by atoms with van der Waals surface area (Å²) in [5.41, 5.74) is 0.742. The average Bonchev–Trinajstić information content (AvgIpc) is 2.99. The molecule has 1 aliphatic heterocycles. The third kappa shape index (κ3) is 5.33. The lowest BCUT2D eigenvalue weighted by molar-refractivity contribution is -0.115. The van der Waals surface area contributed by atoms with E-state index in [1.165, 1.54) is 18.0 Å². The maximum absolute atomic E-state index is 12.8. The van der Waals surface area contributed by atoms with E-state index in [0.29, 0.717) is 18.1 Å². The number of nitrogens with zero attached hydrogens (tertiary/aromatic N) is 2. The molecule has 0 radical (unpaired) electrons. The van der Waals surface area contributed by atoms with E-state index in [-0.39, 0.29) is 16.1 Å². The number of nitrogens with one attached hydrogen (secondary N) is 1. The monoisotopic (exact) mass is 419 g/mol. The average molecular weight is 420 g/mol. The number of hydrogen-bond donors (Lipinski definition) is 1. The molecule has 0 spiro atoms. The summed E-state index contributed by atoms with van der Waals surface area (Å²) >= 11 is 1.30. The molecular formula is C20H25N3O3S2. The summed E-state index contributed by atoms with van der Waals surface area (Å²) in [6.07, 6.45) is 5.33. The molecule has 28 heavy (non-hydrogen) atoms. The molecule has 1 amide bonds. The Hall–Kier alpha value is -1.90. The van der Waals surface area contributed by atoms with Crippen molar-refractivity contribution in [2.24, 2.45) is 0 Å². The number of pyridine rings is 1. The van der Waals surface area contributed by atoms with E-state index in [4.69, 9.17) is 0 Å². The van der Waals surface area contributed by atoms with Gasteiger partial charge in [-0.3, -0.25) is 4.79 Å². The van der Waals surface area contributed by atoms with Gasteiger partial charge in [-0.2, -0.15) is 4.31 Å². The van der Waals surface area contributed by atoms with E-state index in [1.807, 2.05) is 30.3 Å². The number of benzene rings is 1. The van der Waals surface area contributed by atoms with Crippen molar-refractivity contribution in [3.05, 3.63) is 48.7 Å². The standard InChI is InChI=1S/C20H25N3O3S2/c1-16(20(24)22-17-9-5-4-6-10-17)27-19-12-11-18(15-21-19)28(25,26)23-13-7-2-3-8-14-23/h4-6,9-12,15-16H,2-3,7-8,13-14H2,1H3,(H,22,24). The van der Waals surface area contributed by atoms with Crippen molar-refractivity contribution in [1.82, 2.24) is 9.29 Å². The first-order valence-corrected chi connectivity index (χ1v) is 11.8. The summed E-state index contributed by atoms with van der Waals surface area (Å²) in [7, 11) is -3.51. The van der Waals surface area contributed by atoms with Crippen LogP contribution in [0.2, 0.25) is 0 Å². The summed E-state index contributed by atoms with van der Waals surface area (Å²) in [6.45, 7) is 2.93. The number of aromatic nitrogens is 1. The third-order valence-electron chi connectivity index (χ3n) is 4.62. The summed E-state index contributed by atoms with van der Waals surface area (Å²) in [4.78, 5) is 16.8. The van der Waals surface area contributed by atoms with Gasteiger partial charge in [-0.1, -0.05) is 42.8 Å². The fraction of sp³-hybridized carbons (Fsp3) is 0.400. The third-order valence-corrected chi connectivity index (χ3v) is 7.55. The number of carbonyl (C=O) groups excluding carboxylic acids is 1. The van der Waals surface area contributed by atoms with Crippen molar-refractivity contribution in [3.8, 4) is 0 Å². The molecular weight excluding hydrogens is 394 g/mol. The number of amides is 1. The summed E-state index contributed by atoms with van der Waals surface area (Å²) in [5.74, 6) is -0.126. The maximum Gasteiger partial charge on any atom is 0.244 e. The van der Waals surface area contributed by atoms with Gasteiger partial charge in [-0.15, -0.1) is 0 Å². The largest absolute Gasteiger partial charge is 0.325 e. The molecule has 3 rings (SSSR count). The quantitative estimate of drug-likeness (QED) is 0.721. The Morgan fingerprint density at radius 3 is 2.36 bits per heavy atom. The predicted molar refractivity (Wildman–Crippen MR) is 112 cm³/mol. The lowest BCUT2D eigenvalue weighted by Gasteiger charge is -2.19. The van der Waals surface area contributed by atoms with E-state index in [0.717, 1.165) is 31.4 Å². The highest BCUT2D eigenvalue weighted by Gasteiger charge is 2.25. The van der Waals surface area contributed by atoms with Gasteiger partial charge in [0.05, 0.1) is 10.3 Å². The zero-order valence-corrected chi connectivity index (χ0v) is 17.5. The number of anilines is 1. The number of rotatable bonds is 6. The summed E-state index contributed by atoms with van der Waals surface area (Å²) < 4.78 is 27.2. The molecule has 1 unspecified atom stereocenters. The van der Waals surface area contributed by atoms with Gasteiger partial charge in [0.15, 0.2) is 0 Å². The normalized spacial score (nSPS) is 16.9. The maximum atomic E-state index is 12.8. The minimum atomic E-state index is -3.51. The fourth-order valence-electron chi connectivity index (χ4n) is 3.02. The van der Waals surface area contributed by atoms with Crippen molar-refractivity contribution in [3.63, 3.8) is 0 Å². The molecule has 1 aromatic carbocycles. The van der Waals surface area contributed by atoms with Gasteiger partial charge >= 0.3 is 0 Å². The smallest absolute Gasteiger partial charge is 0.244 e. The number of sulfonamides is 1. The highest BCUT2D eigenvalue weighted by Crippen LogP contribution is 2.25. The minimum absolute atomic E-state index is 0.126. The lowest BCUT2D eigenvalue weighted by atomic mass is 10.2. The van der Waals surface area contributed by atoms with Crippen LogP contribution in [0.5, 0.6) is 0 Å². The molecule has 0 saturated carbocycles. The van der Waals surface area contributed by atoms with Crippen LogP contribution in [0.4, 0.5) is 5.69 Å². The first-order valence-electron chi connectivity index (χ1n) is 9.45. The second-order valence-electron chi connectivity index (χ2n) is 6.77. The zero-order chi connectivity index (χ0) is 20.0. The van der Waals surface area contributed by atoms with Gasteiger partial charge in [-0.05, 0) is 44.0 Å². The fourth-order valence-corrected chi connectivity index (χ4v) is 5.27. The molecule has 1 atom stereocenters. The molecule has 6 nitrogen and oxygen atoms in total. The van der Waals surface area contributed by atoms with Crippen LogP contribution in [0.25, 0.3) is 0 Å². The molecule has 0 bridgehead atoms.